The highest BCUT2D eigenvalue weighted by molar-refractivity contribution is 5.49. The molecule has 3 aromatic rings. The number of piperidine rings is 1. The maximum Gasteiger partial charge on any atom is 0.249 e. The second-order valence-electron chi connectivity index (χ2n) is 6.70. The third-order valence-corrected chi connectivity index (χ3v) is 4.94. The number of aliphatic hydroxyl groups is 1. The van der Waals surface area contributed by atoms with Gasteiger partial charge in [0.15, 0.2) is 0 Å². The number of imidazole rings is 1. The molecule has 1 aliphatic heterocycles. The van der Waals surface area contributed by atoms with Crippen LogP contribution in [-0.4, -0.2) is 47.8 Å². The number of aliphatic hydroxyl groups excluding tert-OH is 1. The number of rotatable bonds is 5. The van der Waals surface area contributed by atoms with Crippen molar-refractivity contribution < 1.29 is 9.52 Å². The van der Waals surface area contributed by atoms with Crippen molar-refractivity contribution in [2.45, 2.75) is 25.5 Å². The summed E-state index contributed by atoms with van der Waals surface area (Å²) in [6.45, 7) is 2.39. The van der Waals surface area contributed by atoms with Crippen LogP contribution in [-0.2, 0) is 13.6 Å². The molecule has 26 heavy (non-hydrogen) atoms. The number of aryl methyl sites for hydroxylation is 1. The van der Waals surface area contributed by atoms with Crippen LogP contribution in [0.5, 0.6) is 0 Å². The minimum Gasteiger partial charge on any atom is -0.419 e. The highest BCUT2D eigenvalue weighted by Gasteiger charge is 2.29. The molecule has 0 radical (unpaired) electrons. The van der Waals surface area contributed by atoms with E-state index in [2.05, 4.69) is 25.1 Å². The molecule has 1 N–H and O–H groups in total. The minimum absolute atomic E-state index is 0.223. The molecule has 8 heteroatoms. The fraction of sp³-hybridized carbons (Fsp3) is 0.444. The molecular formula is C18H22N6O2. The fourth-order valence-electron chi connectivity index (χ4n) is 3.41. The van der Waals surface area contributed by atoms with Gasteiger partial charge in [0.2, 0.25) is 11.8 Å². The van der Waals surface area contributed by atoms with E-state index in [4.69, 9.17) is 4.42 Å². The zero-order chi connectivity index (χ0) is 17.9. The van der Waals surface area contributed by atoms with Crippen LogP contribution in [0.25, 0.3) is 11.5 Å². The average molecular weight is 354 g/mol. The molecule has 8 nitrogen and oxygen atoms in total. The van der Waals surface area contributed by atoms with Crippen LogP contribution in [0.3, 0.4) is 0 Å². The van der Waals surface area contributed by atoms with Crippen molar-refractivity contribution in [2.75, 3.05) is 13.1 Å². The number of hydrogen-bond acceptors (Lipinski definition) is 7. The summed E-state index contributed by atoms with van der Waals surface area (Å²) >= 11 is 0. The normalized spacial score (nSPS) is 17.5. The highest BCUT2D eigenvalue weighted by atomic mass is 16.4. The third-order valence-electron chi connectivity index (χ3n) is 4.94. The van der Waals surface area contributed by atoms with Gasteiger partial charge in [-0.3, -0.25) is 9.88 Å². The van der Waals surface area contributed by atoms with E-state index in [9.17, 15) is 5.11 Å². The van der Waals surface area contributed by atoms with E-state index in [0.717, 1.165) is 37.3 Å². The summed E-state index contributed by atoms with van der Waals surface area (Å²) in [5.74, 6) is 2.06. The van der Waals surface area contributed by atoms with Crippen molar-refractivity contribution in [1.82, 2.24) is 29.6 Å². The zero-order valence-electron chi connectivity index (χ0n) is 14.7. The molecule has 3 aromatic heterocycles. The number of pyridine rings is 1. The SMILES string of the molecule is Cn1ccnc1C(O)C1CCN(Cc2nnc(-c3cccnc3)o2)CC1. The van der Waals surface area contributed by atoms with Crippen LogP contribution < -0.4 is 0 Å². The second-order valence-corrected chi connectivity index (χ2v) is 6.70. The third kappa shape index (κ3) is 3.51. The van der Waals surface area contributed by atoms with E-state index >= 15 is 0 Å². The van der Waals surface area contributed by atoms with Gasteiger partial charge in [0.1, 0.15) is 11.9 Å². The van der Waals surface area contributed by atoms with E-state index in [1.54, 1.807) is 18.6 Å². The predicted molar refractivity (Wildman–Crippen MR) is 93.7 cm³/mol. The number of nitrogens with zero attached hydrogens (tertiary/aromatic N) is 6. The van der Waals surface area contributed by atoms with Gasteiger partial charge >= 0.3 is 0 Å². The van der Waals surface area contributed by atoms with Gasteiger partial charge < -0.3 is 14.1 Å². The summed E-state index contributed by atoms with van der Waals surface area (Å²) in [5, 5.41) is 18.8. The maximum absolute atomic E-state index is 10.6. The Bertz CT molecular complexity index is 838. The Balaban J connectivity index is 1.33. The second kappa shape index (κ2) is 7.35. The van der Waals surface area contributed by atoms with E-state index in [-0.39, 0.29) is 5.92 Å². The first-order valence-electron chi connectivity index (χ1n) is 8.81. The molecular weight excluding hydrogens is 332 g/mol. The van der Waals surface area contributed by atoms with Crippen molar-refractivity contribution in [3.8, 4) is 11.5 Å². The summed E-state index contributed by atoms with van der Waals surface area (Å²) in [6.07, 6.45) is 8.32. The van der Waals surface area contributed by atoms with Crippen molar-refractivity contribution in [3.63, 3.8) is 0 Å². The van der Waals surface area contributed by atoms with Gasteiger partial charge in [-0.2, -0.15) is 0 Å². The first-order valence-corrected chi connectivity index (χ1v) is 8.81. The van der Waals surface area contributed by atoms with Crippen LogP contribution in [0.15, 0.2) is 41.3 Å². The van der Waals surface area contributed by atoms with Gasteiger partial charge in [0.05, 0.1) is 12.1 Å². The lowest BCUT2D eigenvalue weighted by Gasteiger charge is -2.33. The lowest BCUT2D eigenvalue weighted by atomic mass is 9.91. The van der Waals surface area contributed by atoms with Crippen LogP contribution >= 0.6 is 0 Å². The molecule has 4 heterocycles. The first-order chi connectivity index (χ1) is 12.7. The standard InChI is InChI=1S/C18H22N6O2/c1-23-10-7-20-17(23)16(25)13-4-8-24(9-5-13)12-15-21-22-18(26-15)14-3-2-6-19-11-14/h2-3,6-7,10-11,13,16,25H,4-5,8-9,12H2,1H3. The Labute approximate surface area is 151 Å². The van der Waals surface area contributed by atoms with E-state index in [1.165, 1.54) is 0 Å². The van der Waals surface area contributed by atoms with E-state index in [1.807, 2.05) is 29.9 Å². The summed E-state index contributed by atoms with van der Waals surface area (Å²) in [7, 11) is 1.91. The Morgan fingerprint density at radius 3 is 2.81 bits per heavy atom. The molecule has 1 unspecified atom stereocenters. The average Bonchev–Trinajstić information content (AvgIpc) is 3.32. The van der Waals surface area contributed by atoms with Crippen molar-refractivity contribution in [3.05, 3.63) is 48.6 Å². The van der Waals surface area contributed by atoms with Gasteiger partial charge in [-0.25, -0.2) is 4.98 Å². The number of aromatic nitrogens is 5. The van der Waals surface area contributed by atoms with Gasteiger partial charge in [-0.05, 0) is 44.0 Å². The lowest BCUT2D eigenvalue weighted by Crippen LogP contribution is -2.35. The molecule has 1 fully saturated rings. The largest absolute Gasteiger partial charge is 0.419 e. The monoisotopic (exact) mass is 354 g/mol. The Hall–Kier alpha value is -2.58. The molecule has 0 bridgehead atoms. The zero-order valence-corrected chi connectivity index (χ0v) is 14.7. The summed E-state index contributed by atoms with van der Waals surface area (Å²) in [6, 6.07) is 3.74. The van der Waals surface area contributed by atoms with Crippen LogP contribution in [0, 0.1) is 5.92 Å². The van der Waals surface area contributed by atoms with Crippen molar-refractivity contribution >= 4 is 0 Å². The first kappa shape index (κ1) is 16.9. The fourth-order valence-corrected chi connectivity index (χ4v) is 3.41. The molecule has 1 saturated heterocycles. The van der Waals surface area contributed by atoms with Gasteiger partial charge in [-0.1, -0.05) is 0 Å². The van der Waals surface area contributed by atoms with Crippen molar-refractivity contribution in [1.29, 1.82) is 0 Å². The van der Waals surface area contributed by atoms with E-state index < -0.39 is 6.10 Å². The highest BCUT2D eigenvalue weighted by Crippen LogP contribution is 2.30. The van der Waals surface area contributed by atoms with Crippen LogP contribution in [0.2, 0.25) is 0 Å². The summed E-state index contributed by atoms with van der Waals surface area (Å²) < 4.78 is 7.64. The quantitative estimate of drug-likeness (QED) is 0.747. The van der Waals surface area contributed by atoms with Gasteiger partial charge in [-0.15, -0.1) is 10.2 Å². The predicted octanol–water partition coefficient (Wildman–Crippen LogP) is 1.81. The Morgan fingerprint density at radius 1 is 1.27 bits per heavy atom. The minimum atomic E-state index is -0.516. The van der Waals surface area contributed by atoms with Crippen LogP contribution in [0.4, 0.5) is 0 Å². The molecule has 0 saturated carbocycles. The molecule has 1 atom stereocenters. The molecule has 4 rings (SSSR count). The molecule has 136 valence electrons. The lowest BCUT2D eigenvalue weighted by molar-refractivity contribution is 0.0471. The molecule has 1 aliphatic rings. The van der Waals surface area contributed by atoms with Gasteiger partial charge in [0.25, 0.3) is 0 Å². The smallest absolute Gasteiger partial charge is 0.249 e. The van der Waals surface area contributed by atoms with Gasteiger partial charge in [0, 0.05) is 31.8 Å². The molecule has 0 spiro atoms. The van der Waals surface area contributed by atoms with Crippen LogP contribution in [0.1, 0.15) is 30.7 Å². The van der Waals surface area contributed by atoms with Crippen molar-refractivity contribution in [2.24, 2.45) is 13.0 Å². The number of likely N-dealkylation sites (tertiary alicyclic amines) is 1. The maximum atomic E-state index is 10.6. The summed E-state index contributed by atoms with van der Waals surface area (Å²) in [5.41, 5.74) is 0.822. The molecule has 0 aromatic carbocycles. The Kier molecular flexibility index (Phi) is 4.77. The Morgan fingerprint density at radius 2 is 2.12 bits per heavy atom. The molecule has 0 aliphatic carbocycles. The van der Waals surface area contributed by atoms with E-state index in [0.29, 0.717) is 18.3 Å². The summed E-state index contributed by atoms with van der Waals surface area (Å²) in [4.78, 5) is 10.6. The number of hydrogen-bond donors (Lipinski definition) is 1. The molecule has 0 amide bonds. The topological polar surface area (TPSA) is 93.1 Å².